The number of imidazole rings is 1. The van der Waals surface area contributed by atoms with Crippen LogP contribution >= 0.6 is 0 Å². The van der Waals surface area contributed by atoms with Crippen molar-refractivity contribution in [2.24, 2.45) is 0 Å². The maximum atomic E-state index is 13.3. The molecule has 5 rings (SSSR count). The number of anilines is 1. The first-order valence-corrected chi connectivity index (χ1v) is 9.94. The summed E-state index contributed by atoms with van der Waals surface area (Å²) in [5, 5.41) is 0. The molecule has 0 fully saturated rings. The second kappa shape index (κ2) is 8.16. The molecule has 0 saturated carbocycles. The van der Waals surface area contributed by atoms with Crippen LogP contribution in [0.15, 0.2) is 73.1 Å². The summed E-state index contributed by atoms with van der Waals surface area (Å²) in [5.74, 6) is 0.473. The molecule has 0 aliphatic rings. The smallest absolute Gasteiger partial charge is 0.212 e. The van der Waals surface area contributed by atoms with Gasteiger partial charge in [-0.1, -0.05) is 12.1 Å². The van der Waals surface area contributed by atoms with E-state index in [1.54, 1.807) is 19.4 Å². The third kappa shape index (κ3) is 3.57. The first-order valence-electron chi connectivity index (χ1n) is 9.94. The molecule has 158 valence electrons. The van der Waals surface area contributed by atoms with Gasteiger partial charge in [0.05, 0.1) is 17.9 Å². The van der Waals surface area contributed by atoms with Crippen LogP contribution in [0.2, 0.25) is 0 Å². The number of ether oxygens (including phenoxy) is 1. The molecule has 1 aromatic carbocycles. The number of fused-ring (bicyclic) bond motifs is 1. The van der Waals surface area contributed by atoms with Crippen molar-refractivity contribution in [1.29, 1.82) is 0 Å². The van der Waals surface area contributed by atoms with Gasteiger partial charge in [-0.25, -0.2) is 19.9 Å². The van der Waals surface area contributed by atoms with E-state index in [9.17, 15) is 4.39 Å². The monoisotopic (exact) mass is 426 g/mol. The molecule has 2 N–H and O–H groups in total. The van der Waals surface area contributed by atoms with E-state index < -0.39 is 5.95 Å². The van der Waals surface area contributed by atoms with Crippen LogP contribution in [0.4, 0.5) is 10.2 Å². The molecule has 32 heavy (non-hydrogen) atoms. The van der Waals surface area contributed by atoms with E-state index in [4.69, 9.17) is 20.4 Å². The molecule has 0 spiro atoms. The molecule has 4 heterocycles. The van der Waals surface area contributed by atoms with Crippen LogP contribution in [0, 0.1) is 5.95 Å². The minimum absolute atomic E-state index is 0.378. The third-order valence-corrected chi connectivity index (χ3v) is 5.11. The van der Waals surface area contributed by atoms with Crippen molar-refractivity contribution >= 4 is 17.0 Å². The highest BCUT2D eigenvalue weighted by molar-refractivity contribution is 5.84. The van der Waals surface area contributed by atoms with Gasteiger partial charge < -0.3 is 10.5 Å². The summed E-state index contributed by atoms with van der Waals surface area (Å²) < 4.78 is 20.5. The standard InChI is InChI=1S/C24H19FN6O/c1-32-14-15-4-7-17(8-5-15)31-23(18-3-2-12-27-22(18)26)30-20-10-9-19(29-24(20)31)16-6-11-21(25)28-13-16/h2-13H,14H2,1H3,(H2,26,27). The number of benzene rings is 1. The Kier molecular flexibility index (Phi) is 5.04. The predicted molar refractivity (Wildman–Crippen MR) is 120 cm³/mol. The zero-order chi connectivity index (χ0) is 22.1. The van der Waals surface area contributed by atoms with Crippen LogP contribution in [0.25, 0.3) is 39.5 Å². The van der Waals surface area contributed by atoms with Crippen LogP contribution in [0.3, 0.4) is 0 Å². The molecular weight excluding hydrogens is 407 g/mol. The summed E-state index contributed by atoms with van der Waals surface area (Å²) in [5.41, 5.74) is 11.5. The van der Waals surface area contributed by atoms with Crippen molar-refractivity contribution in [3.05, 3.63) is 84.6 Å². The lowest BCUT2D eigenvalue weighted by atomic mass is 10.2. The Hall–Kier alpha value is -4.17. The maximum absolute atomic E-state index is 13.3. The Labute approximate surface area is 183 Å². The first-order chi connectivity index (χ1) is 15.6. The molecule has 0 aliphatic carbocycles. The number of nitrogens with zero attached hydrogens (tertiary/aromatic N) is 5. The Morgan fingerprint density at radius 3 is 2.53 bits per heavy atom. The van der Waals surface area contributed by atoms with Gasteiger partial charge in [-0.15, -0.1) is 0 Å². The number of methoxy groups -OCH3 is 1. The highest BCUT2D eigenvalue weighted by Crippen LogP contribution is 2.31. The van der Waals surface area contributed by atoms with Gasteiger partial charge in [0, 0.05) is 30.8 Å². The molecule has 4 aromatic heterocycles. The van der Waals surface area contributed by atoms with Gasteiger partial charge in [0.15, 0.2) is 11.5 Å². The maximum Gasteiger partial charge on any atom is 0.212 e. The quantitative estimate of drug-likeness (QED) is 0.419. The number of aromatic nitrogens is 5. The number of rotatable bonds is 5. The van der Waals surface area contributed by atoms with E-state index >= 15 is 0 Å². The lowest BCUT2D eigenvalue weighted by Crippen LogP contribution is -2.02. The summed E-state index contributed by atoms with van der Waals surface area (Å²) in [7, 11) is 1.66. The van der Waals surface area contributed by atoms with Crippen LogP contribution < -0.4 is 5.73 Å². The average Bonchev–Trinajstić information content (AvgIpc) is 3.19. The highest BCUT2D eigenvalue weighted by Gasteiger charge is 2.18. The van der Waals surface area contributed by atoms with Gasteiger partial charge in [-0.3, -0.25) is 4.57 Å². The number of hydrogen-bond donors (Lipinski definition) is 1. The summed E-state index contributed by atoms with van der Waals surface area (Å²) in [6.45, 7) is 0.521. The van der Waals surface area contributed by atoms with Gasteiger partial charge in [-0.2, -0.15) is 4.39 Å². The molecule has 0 atom stereocenters. The van der Waals surface area contributed by atoms with E-state index in [0.717, 1.165) is 11.3 Å². The molecule has 0 bridgehead atoms. The first kappa shape index (κ1) is 19.8. The zero-order valence-corrected chi connectivity index (χ0v) is 17.2. The number of halogens is 1. The lowest BCUT2D eigenvalue weighted by molar-refractivity contribution is 0.185. The van der Waals surface area contributed by atoms with Gasteiger partial charge >= 0.3 is 0 Å². The molecule has 8 heteroatoms. The van der Waals surface area contributed by atoms with E-state index in [1.165, 1.54) is 12.3 Å². The summed E-state index contributed by atoms with van der Waals surface area (Å²) >= 11 is 0. The highest BCUT2D eigenvalue weighted by atomic mass is 19.1. The van der Waals surface area contributed by atoms with Crippen molar-refractivity contribution in [3.63, 3.8) is 0 Å². The normalized spacial score (nSPS) is 11.2. The van der Waals surface area contributed by atoms with Gasteiger partial charge in [0.25, 0.3) is 0 Å². The third-order valence-electron chi connectivity index (χ3n) is 5.11. The fourth-order valence-electron chi connectivity index (χ4n) is 3.59. The van der Waals surface area contributed by atoms with E-state index in [0.29, 0.717) is 46.2 Å². The summed E-state index contributed by atoms with van der Waals surface area (Å²) in [6, 6.07) is 18.3. The topological polar surface area (TPSA) is 91.7 Å². The number of hydrogen-bond acceptors (Lipinski definition) is 6. The molecule has 7 nitrogen and oxygen atoms in total. The largest absolute Gasteiger partial charge is 0.383 e. The van der Waals surface area contributed by atoms with Gasteiger partial charge in [0.1, 0.15) is 11.3 Å². The molecule has 5 aromatic rings. The zero-order valence-electron chi connectivity index (χ0n) is 17.2. The minimum Gasteiger partial charge on any atom is -0.383 e. The number of nitrogens with two attached hydrogens (primary N) is 1. The summed E-state index contributed by atoms with van der Waals surface area (Å²) in [4.78, 5) is 17.6. The van der Waals surface area contributed by atoms with Crippen molar-refractivity contribution in [2.75, 3.05) is 12.8 Å². The number of nitrogen functional groups attached to an aromatic ring is 1. The molecular formula is C24H19FN6O. The summed E-state index contributed by atoms with van der Waals surface area (Å²) in [6.07, 6.45) is 3.10. The Balaban J connectivity index is 1.74. The fraction of sp³-hybridized carbons (Fsp3) is 0.0833. The molecule has 0 saturated heterocycles. The van der Waals surface area contributed by atoms with Gasteiger partial charge in [0.2, 0.25) is 5.95 Å². The van der Waals surface area contributed by atoms with Crippen molar-refractivity contribution in [2.45, 2.75) is 6.61 Å². The van der Waals surface area contributed by atoms with Crippen molar-refractivity contribution in [1.82, 2.24) is 24.5 Å². The second-order valence-electron chi connectivity index (χ2n) is 7.22. The minimum atomic E-state index is -0.537. The van der Waals surface area contributed by atoms with Gasteiger partial charge in [-0.05, 0) is 54.1 Å². The molecule has 0 aliphatic heterocycles. The number of pyridine rings is 3. The molecule has 0 radical (unpaired) electrons. The van der Waals surface area contributed by atoms with E-state index in [1.807, 2.05) is 53.1 Å². The van der Waals surface area contributed by atoms with Crippen LogP contribution in [0.1, 0.15) is 5.56 Å². The Bertz CT molecular complexity index is 1400. The van der Waals surface area contributed by atoms with Crippen LogP contribution in [-0.4, -0.2) is 31.6 Å². The predicted octanol–water partition coefficient (Wildman–Crippen LogP) is 4.41. The average molecular weight is 426 g/mol. The van der Waals surface area contributed by atoms with Crippen molar-refractivity contribution < 1.29 is 9.13 Å². The Morgan fingerprint density at radius 1 is 0.969 bits per heavy atom. The van der Waals surface area contributed by atoms with E-state index in [2.05, 4.69) is 9.97 Å². The van der Waals surface area contributed by atoms with Crippen LogP contribution in [0.5, 0.6) is 0 Å². The second-order valence-corrected chi connectivity index (χ2v) is 7.22. The SMILES string of the molecule is COCc1ccc(-n2c(-c3cccnc3N)nc3ccc(-c4ccc(F)nc4)nc32)cc1. The molecule has 0 amide bonds. The van der Waals surface area contributed by atoms with E-state index in [-0.39, 0.29) is 0 Å². The van der Waals surface area contributed by atoms with Crippen LogP contribution in [-0.2, 0) is 11.3 Å². The van der Waals surface area contributed by atoms with Crippen molar-refractivity contribution in [3.8, 4) is 28.3 Å². The fourth-order valence-corrected chi connectivity index (χ4v) is 3.59. The Morgan fingerprint density at radius 2 is 1.81 bits per heavy atom. The molecule has 0 unspecified atom stereocenters. The lowest BCUT2D eigenvalue weighted by Gasteiger charge is -2.11.